The molecule has 5 aliphatic carbocycles. The number of amides is 1. The molecule has 6 fully saturated rings. The van der Waals surface area contributed by atoms with Crippen LogP contribution in [0.4, 0.5) is 11.8 Å². The molecule has 1 aromatic heterocycles. The summed E-state index contributed by atoms with van der Waals surface area (Å²) in [5.41, 5.74) is 1.74. The lowest BCUT2D eigenvalue weighted by Crippen LogP contribution is -2.61. The van der Waals surface area contributed by atoms with Crippen molar-refractivity contribution in [2.75, 3.05) is 30.3 Å². The molecule has 9 nitrogen and oxygen atoms in total. The predicted molar refractivity (Wildman–Crippen MR) is 181 cm³/mol. The lowest BCUT2D eigenvalue weighted by atomic mass is 9.47. The van der Waals surface area contributed by atoms with E-state index in [0.717, 1.165) is 55.8 Å². The maximum atomic E-state index is 11.7. The zero-order valence-corrected chi connectivity index (χ0v) is 27.9. The van der Waals surface area contributed by atoms with Crippen molar-refractivity contribution in [3.05, 3.63) is 46.6 Å². The van der Waals surface area contributed by atoms with Gasteiger partial charge in [-0.2, -0.15) is 10.2 Å². The molecule has 1 saturated heterocycles. The van der Waals surface area contributed by atoms with Crippen LogP contribution in [0, 0.1) is 34.5 Å². The van der Waals surface area contributed by atoms with Gasteiger partial charge in [-0.25, -0.2) is 4.98 Å². The number of hydrogen-bond donors (Lipinski definition) is 4. The van der Waals surface area contributed by atoms with E-state index in [1.807, 2.05) is 29.2 Å². The summed E-state index contributed by atoms with van der Waals surface area (Å²) < 4.78 is 0. The van der Waals surface area contributed by atoms with Gasteiger partial charge in [0.25, 0.3) is 0 Å². The largest absolute Gasteiger partial charge is 0.368 e. The first-order valence-corrected chi connectivity index (χ1v) is 18.0. The summed E-state index contributed by atoms with van der Waals surface area (Å²) >= 11 is 6.33. The topological polar surface area (TPSA) is 118 Å². The normalized spacial score (nSPS) is 32.2. The molecule has 1 amide bonds. The Bertz CT molecular complexity index is 1410. The van der Waals surface area contributed by atoms with E-state index in [-0.39, 0.29) is 11.3 Å². The average molecular weight is 645 g/mol. The third-order valence-electron chi connectivity index (χ3n) is 11.9. The standard InChI is InChI=1S/C36H49ClN8O/c1-23(46)45-12-10-31(11-13-45)42-29-6-8-30(9-7-29)43-33-26-14-24-15-27(33)18-36(16-24,17-26)22-41-34-28(19-38)21-40-35(44-34)39-20-25-4-2-3-5-32(25)37/h2-5,21,24,26-27,29-31,33,42-43H,6-18,20,22H2,1H3,(H2,39,40,41,44)/t24?,26-,27+,29-,30+,33+,36?. The number of nitrogens with one attached hydrogen (secondary N) is 4. The maximum absolute atomic E-state index is 11.7. The van der Waals surface area contributed by atoms with Gasteiger partial charge in [-0.3, -0.25) is 4.79 Å². The summed E-state index contributed by atoms with van der Waals surface area (Å²) in [5.74, 6) is 3.64. The van der Waals surface area contributed by atoms with Crippen LogP contribution in [-0.2, 0) is 11.3 Å². The fraction of sp³-hybridized carbons (Fsp3) is 0.667. The summed E-state index contributed by atoms with van der Waals surface area (Å²) in [4.78, 5) is 22.8. The Balaban J connectivity index is 0.909. The highest BCUT2D eigenvalue weighted by molar-refractivity contribution is 6.31. The van der Waals surface area contributed by atoms with E-state index >= 15 is 0 Å². The zero-order valence-electron chi connectivity index (χ0n) is 27.1. The first kappa shape index (κ1) is 31.7. The molecule has 1 aliphatic heterocycles. The molecule has 46 heavy (non-hydrogen) atoms. The highest BCUT2D eigenvalue weighted by atomic mass is 35.5. The fourth-order valence-corrected chi connectivity index (χ4v) is 10.0. The molecule has 0 radical (unpaired) electrons. The monoisotopic (exact) mass is 644 g/mol. The Labute approximate surface area is 278 Å². The van der Waals surface area contributed by atoms with Crippen molar-refractivity contribution < 1.29 is 4.79 Å². The second kappa shape index (κ2) is 13.7. The molecule has 10 heteroatoms. The molecule has 4 bridgehead atoms. The minimum absolute atomic E-state index is 0.212. The van der Waals surface area contributed by atoms with Crippen LogP contribution in [0.2, 0.25) is 5.02 Å². The van der Waals surface area contributed by atoms with Crippen LogP contribution in [0.25, 0.3) is 0 Å². The number of nitriles is 1. The molecule has 4 N–H and O–H groups in total. The molecule has 1 aromatic carbocycles. The van der Waals surface area contributed by atoms with Crippen molar-refractivity contribution in [1.29, 1.82) is 5.26 Å². The van der Waals surface area contributed by atoms with Crippen LogP contribution < -0.4 is 21.3 Å². The first-order valence-electron chi connectivity index (χ1n) is 17.6. The molecule has 2 heterocycles. The van der Waals surface area contributed by atoms with Gasteiger partial charge < -0.3 is 26.2 Å². The first-order chi connectivity index (χ1) is 22.4. The van der Waals surface area contributed by atoms with E-state index in [4.69, 9.17) is 16.6 Å². The number of halogens is 1. The number of aromatic nitrogens is 2. The molecule has 246 valence electrons. The van der Waals surface area contributed by atoms with E-state index in [9.17, 15) is 10.1 Å². The van der Waals surface area contributed by atoms with Gasteiger partial charge in [0.1, 0.15) is 17.5 Å². The Morgan fingerprint density at radius 2 is 1.65 bits per heavy atom. The SMILES string of the molecule is CC(=O)N1CCC(N[C@H]2CC[C@@H](N[C@H]3[C@@H]4CC5C[C@H]3CC(CNc3nc(NCc6ccccc6Cl)ncc3C#N)(C5)C4)CC2)CC1. The predicted octanol–water partition coefficient (Wildman–Crippen LogP) is 5.72. The second-order valence-electron chi connectivity index (χ2n) is 15.0. The zero-order chi connectivity index (χ0) is 31.7. The molecule has 5 saturated carbocycles. The lowest BCUT2D eigenvalue weighted by molar-refractivity contribution is -0.129. The number of anilines is 2. The summed E-state index contributed by atoms with van der Waals surface area (Å²) in [6.45, 7) is 4.86. The number of hydrogen-bond acceptors (Lipinski definition) is 8. The molecule has 2 aromatic rings. The van der Waals surface area contributed by atoms with E-state index in [0.29, 0.717) is 53.1 Å². The number of benzene rings is 1. The second-order valence-corrected chi connectivity index (χ2v) is 15.4. The van der Waals surface area contributed by atoms with E-state index < -0.39 is 0 Å². The van der Waals surface area contributed by atoms with Crippen molar-refractivity contribution in [3.63, 3.8) is 0 Å². The third-order valence-corrected chi connectivity index (χ3v) is 12.3. The summed E-state index contributed by atoms with van der Waals surface area (Å²) in [6.07, 6.45) is 15.3. The Hall–Kier alpha value is -2.93. The lowest BCUT2D eigenvalue weighted by Gasteiger charge is -2.61. The van der Waals surface area contributed by atoms with E-state index in [2.05, 4.69) is 32.3 Å². The number of nitrogens with zero attached hydrogens (tertiary/aromatic N) is 4. The van der Waals surface area contributed by atoms with Crippen LogP contribution >= 0.6 is 11.6 Å². The Morgan fingerprint density at radius 1 is 0.978 bits per heavy atom. The van der Waals surface area contributed by atoms with E-state index in [1.54, 1.807) is 13.1 Å². The molecular formula is C36H49ClN8O. The Morgan fingerprint density at radius 3 is 2.33 bits per heavy atom. The van der Waals surface area contributed by atoms with Crippen molar-refractivity contribution in [1.82, 2.24) is 25.5 Å². The van der Waals surface area contributed by atoms with Gasteiger partial charge in [-0.15, -0.1) is 0 Å². The van der Waals surface area contributed by atoms with Gasteiger partial charge in [-0.1, -0.05) is 29.8 Å². The summed E-state index contributed by atoms with van der Waals surface area (Å²) in [7, 11) is 0. The highest BCUT2D eigenvalue weighted by Gasteiger charge is 2.55. The van der Waals surface area contributed by atoms with Crippen LogP contribution in [0.3, 0.4) is 0 Å². The Kier molecular flexibility index (Phi) is 9.40. The van der Waals surface area contributed by atoms with Gasteiger partial charge in [0, 0.05) is 62.3 Å². The van der Waals surface area contributed by atoms with Gasteiger partial charge >= 0.3 is 0 Å². The number of likely N-dealkylation sites (tertiary alicyclic amines) is 1. The number of carbonyl (C=O) groups excluding carboxylic acids is 1. The van der Waals surface area contributed by atoms with Crippen LogP contribution in [0.15, 0.2) is 30.5 Å². The third kappa shape index (κ3) is 7.00. The number of piperidine rings is 1. The number of rotatable bonds is 10. The van der Waals surface area contributed by atoms with Crippen LogP contribution in [0.5, 0.6) is 0 Å². The molecular weight excluding hydrogens is 596 g/mol. The van der Waals surface area contributed by atoms with Crippen molar-refractivity contribution in [2.24, 2.45) is 23.2 Å². The fourth-order valence-electron chi connectivity index (χ4n) is 9.85. The maximum Gasteiger partial charge on any atom is 0.224 e. The highest BCUT2D eigenvalue weighted by Crippen LogP contribution is 2.60. The summed E-state index contributed by atoms with van der Waals surface area (Å²) in [6, 6.07) is 12.5. The van der Waals surface area contributed by atoms with Crippen LogP contribution in [0.1, 0.15) is 88.7 Å². The minimum Gasteiger partial charge on any atom is -0.368 e. The smallest absolute Gasteiger partial charge is 0.224 e. The van der Waals surface area contributed by atoms with Gasteiger partial charge in [0.15, 0.2) is 0 Å². The minimum atomic E-state index is 0.212. The number of carbonyl (C=O) groups is 1. The molecule has 8 rings (SSSR count). The van der Waals surface area contributed by atoms with Gasteiger partial charge in [-0.05, 0) is 105 Å². The van der Waals surface area contributed by atoms with Crippen molar-refractivity contribution in [2.45, 2.75) is 108 Å². The van der Waals surface area contributed by atoms with Crippen molar-refractivity contribution >= 4 is 29.3 Å². The molecule has 6 aliphatic rings. The summed E-state index contributed by atoms with van der Waals surface area (Å²) in [5, 5.41) is 25.6. The molecule has 0 spiro atoms. The average Bonchev–Trinajstić information content (AvgIpc) is 3.06. The van der Waals surface area contributed by atoms with Gasteiger partial charge in [0.2, 0.25) is 11.9 Å². The van der Waals surface area contributed by atoms with Crippen molar-refractivity contribution in [3.8, 4) is 6.07 Å². The van der Waals surface area contributed by atoms with Gasteiger partial charge in [0.05, 0.1) is 6.20 Å². The molecule has 5 atom stereocenters. The van der Waals surface area contributed by atoms with E-state index in [1.165, 1.54) is 57.8 Å². The van der Waals surface area contributed by atoms with Crippen LogP contribution in [-0.4, -0.2) is 64.6 Å². The quantitative estimate of drug-likeness (QED) is 0.259. The molecule has 2 unspecified atom stereocenters.